The summed E-state index contributed by atoms with van der Waals surface area (Å²) in [5, 5.41) is 15.1. The van der Waals surface area contributed by atoms with Crippen LogP contribution in [0.4, 0.5) is 8.78 Å². The van der Waals surface area contributed by atoms with E-state index in [4.69, 9.17) is 4.74 Å². The Morgan fingerprint density at radius 2 is 2.15 bits per heavy atom. The van der Waals surface area contributed by atoms with Crippen LogP contribution in [0.1, 0.15) is 43.1 Å². The molecule has 0 bridgehead atoms. The molecular weight excluding hydrogens is 434 g/mol. The van der Waals surface area contributed by atoms with E-state index >= 15 is 0 Å². The van der Waals surface area contributed by atoms with Gasteiger partial charge in [-0.25, -0.2) is 8.78 Å². The summed E-state index contributed by atoms with van der Waals surface area (Å²) in [5.74, 6) is -5.96. The molecule has 3 atom stereocenters. The van der Waals surface area contributed by atoms with Crippen LogP contribution in [0.15, 0.2) is 24.3 Å². The maximum absolute atomic E-state index is 13.8. The monoisotopic (exact) mass is 460 g/mol. The van der Waals surface area contributed by atoms with Gasteiger partial charge in [-0.2, -0.15) is 5.26 Å². The Labute approximate surface area is 189 Å². The Kier molecular flexibility index (Phi) is 7.31. The van der Waals surface area contributed by atoms with Crippen LogP contribution in [0.3, 0.4) is 0 Å². The number of Topliss-reactive ketones (excluding diaryl/α,β-unsaturated/α-hetero) is 1. The van der Waals surface area contributed by atoms with E-state index < -0.39 is 48.3 Å². The third-order valence-electron chi connectivity index (χ3n) is 5.71. The summed E-state index contributed by atoms with van der Waals surface area (Å²) < 4.78 is 32.9. The fraction of sp³-hybridized carbons (Fsp3) is 0.478. The van der Waals surface area contributed by atoms with Crippen molar-refractivity contribution >= 4 is 28.5 Å². The van der Waals surface area contributed by atoms with Crippen molar-refractivity contribution in [1.82, 2.24) is 15.6 Å². The summed E-state index contributed by atoms with van der Waals surface area (Å²) in [5.41, 5.74) is 0.810. The Balaban J connectivity index is 1.74. The summed E-state index contributed by atoms with van der Waals surface area (Å²) >= 11 is 0. The van der Waals surface area contributed by atoms with Crippen molar-refractivity contribution in [3.8, 4) is 11.8 Å². The van der Waals surface area contributed by atoms with Crippen molar-refractivity contribution in [1.29, 1.82) is 5.26 Å². The highest BCUT2D eigenvalue weighted by Crippen LogP contribution is 2.29. The number of halogens is 2. The minimum Gasteiger partial charge on any atom is -0.496 e. The molecule has 2 aromatic rings. The lowest BCUT2D eigenvalue weighted by Crippen LogP contribution is -2.42. The number of nitriles is 1. The van der Waals surface area contributed by atoms with Gasteiger partial charge in [0, 0.05) is 36.2 Å². The Morgan fingerprint density at radius 3 is 2.76 bits per heavy atom. The summed E-state index contributed by atoms with van der Waals surface area (Å²) in [7, 11) is 1.49. The maximum atomic E-state index is 13.8. The van der Waals surface area contributed by atoms with E-state index in [1.807, 2.05) is 6.07 Å². The summed E-state index contributed by atoms with van der Waals surface area (Å²) in [6.07, 6.45) is -0.701. The van der Waals surface area contributed by atoms with Crippen LogP contribution in [-0.2, 0) is 9.59 Å². The molecule has 8 nitrogen and oxygen atoms in total. The molecule has 2 heterocycles. The van der Waals surface area contributed by atoms with E-state index in [1.54, 1.807) is 24.3 Å². The number of aromatic nitrogens is 1. The average Bonchev–Trinajstić information content (AvgIpc) is 3.37. The van der Waals surface area contributed by atoms with E-state index in [0.29, 0.717) is 36.5 Å². The zero-order valence-electron chi connectivity index (χ0n) is 18.4. The number of hydrogen-bond acceptors (Lipinski definition) is 5. The third kappa shape index (κ3) is 6.06. The van der Waals surface area contributed by atoms with Crippen molar-refractivity contribution < 1.29 is 27.9 Å². The second-order valence-corrected chi connectivity index (χ2v) is 8.41. The number of alkyl halides is 2. The largest absolute Gasteiger partial charge is 0.496 e. The molecule has 10 heteroatoms. The molecule has 176 valence electrons. The van der Waals surface area contributed by atoms with Gasteiger partial charge < -0.3 is 20.4 Å². The minimum atomic E-state index is -3.20. The first kappa shape index (κ1) is 24.2. The highest BCUT2D eigenvalue weighted by Gasteiger charge is 2.35. The lowest BCUT2D eigenvalue weighted by molar-refractivity contribution is -0.129. The number of benzene rings is 1. The molecule has 1 aliphatic rings. The first-order valence-corrected chi connectivity index (χ1v) is 10.7. The van der Waals surface area contributed by atoms with E-state index in [9.17, 15) is 28.4 Å². The molecule has 0 radical (unpaired) electrons. The number of nitrogens with one attached hydrogen (secondary N) is 3. The molecular formula is C23H26F2N4O4. The molecule has 2 amide bonds. The van der Waals surface area contributed by atoms with Crippen LogP contribution < -0.4 is 15.4 Å². The van der Waals surface area contributed by atoms with Gasteiger partial charge in [0.2, 0.25) is 17.7 Å². The number of methoxy groups -OCH3 is 1. The predicted octanol–water partition coefficient (Wildman–Crippen LogP) is 2.95. The average molecular weight is 460 g/mol. The number of aromatic amines is 1. The van der Waals surface area contributed by atoms with Crippen LogP contribution >= 0.6 is 0 Å². The molecule has 1 fully saturated rings. The molecule has 1 aromatic carbocycles. The van der Waals surface area contributed by atoms with Crippen LogP contribution in [0.2, 0.25) is 0 Å². The summed E-state index contributed by atoms with van der Waals surface area (Å²) in [6.45, 7) is 1.17. The first-order valence-electron chi connectivity index (χ1n) is 10.7. The van der Waals surface area contributed by atoms with Crippen molar-refractivity contribution in [3.63, 3.8) is 0 Å². The van der Waals surface area contributed by atoms with E-state index in [1.165, 1.54) is 7.11 Å². The lowest BCUT2D eigenvalue weighted by atomic mass is 9.92. The second kappa shape index (κ2) is 9.98. The van der Waals surface area contributed by atoms with Crippen LogP contribution in [0.25, 0.3) is 10.9 Å². The number of ether oxygens (including phenoxy) is 1. The number of H-pyrrole nitrogens is 1. The molecule has 1 aliphatic heterocycles. The van der Waals surface area contributed by atoms with Gasteiger partial charge >= 0.3 is 0 Å². The van der Waals surface area contributed by atoms with Gasteiger partial charge in [-0.15, -0.1) is 0 Å². The number of nitrogens with zero attached hydrogens (tertiary/aromatic N) is 1. The van der Waals surface area contributed by atoms with Crippen molar-refractivity contribution in [2.75, 3.05) is 13.7 Å². The molecule has 33 heavy (non-hydrogen) atoms. The zero-order chi connectivity index (χ0) is 24.2. The van der Waals surface area contributed by atoms with Crippen LogP contribution in [0.5, 0.6) is 5.75 Å². The molecule has 0 aliphatic carbocycles. The van der Waals surface area contributed by atoms with E-state index in [0.717, 1.165) is 0 Å². The van der Waals surface area contributed by atoms with E-state index in [-0.39, 0.29) is 18.0 Å². The molecule has 0 spiro atoms. The van der Waals surface area contributed by atoms with Gasteiger partial charge in [0.25, 0.3) is 0 Å². The zero-order valence-corrected chi connectivity index (χ0v) is 18.4. The normalized spacial score (nSPS) is 17.8. The number of amides is 2. The quantitative estimate of drug-likeness (QED) is 0.470. The summed E-state index contributed by atoms with van der Waals surface area (Å²) in [6, 6.07) is 7.66. The molecule has 1 aromatic heterocycles. The Morgan fingerprint density at radius 1 is 1.39 bits per heavy atom. The maximum Gasteiger partial charge on any atom is 0.246 e. The van der Waals surface area contributed by atoms with Crippen LogP contribution in [0, 0.1) is 23.2 Å². The van der Waals surface area contributed by atoms with E-state index in [2.05, 4.69) is 15.6 Å². The van der Waals surface area contributed by atoms with Gasteiger partial charge in [-0.3, -0.25) is 14.4 Å². The van der Waals surface area contributed by atoms with Crippen molar-refractivity contribution in [3.05, 3.63) is 30.0 Å². The molecule has 0 saturated carbocycles. The minimum absolute atomic E-state index is 0.0824. The van der Waals surface area contributed by atoms with Crippen molar-refractivity contribution in [2.24, 2.45) is 11.8 Å². The number of fused-ring (bicyclic) bond motifs is 1. The number of carbonyl (C=O) groups is 3. The highest BCUT2D eigenvalue weighted by atomic mass is 19.3. The number of carbonyl (C=O) groups excluding carboxylic acids is 3. The fourth-order valence-electron chi connectivity index (χ4n) is 4.07. The van der Waals surface area contributed by atoms with Gasteiger partial charge in [0.05, 0.1) is 24.8 Å². The fourth-order valence-corrected chi connectivity index (χ4v) is 4.07. The number of ketones is 1. The van der Waals surface area contributed by atoms with Gasteiger partial charge in [-0.1, -0.05) is 6.07 Å². The van der Waals surface area contributed by atoms with Crippen LogP contribution in [-0.4, -0.2) is 48.2 Å². The molecule has 1 saturated heterocycles. The second-order valence-electron chi connectivity index (χ2n) is 8.41. The topological polar surface area (TPSA) is 124 Å². The molecule has 0 unspecified atom stereocenters. The SMILES string of the molecule is COc1cccc2[nH]c(C(=O)C[C@@H](CC(C)(F)F)C(=O)N[C@H](C#N)C[C@@H]3CCNC3=O)cc12. The number of hydrogen-bond donors (Lipinski definition) is 3. The molecule has 3 rings (SSSR count). The van der Waals surface area contributed by atoms with Gasteiger partial charge in [-0.05, 0) is 38.0 Å². The lowest BCUT2D eigenvalue weighted by Gasteiger charge is -2.22. The number of rotatable bonds is 10. The van der Waals surface area contributed by atoms with Gasteiger partial charge in [0.15, 0.2) is 5.78 Å². The highest BCUT2D eigenvalue weighted by molar-refractivity contribution is 6.02. The predicted molar refractivity (Wildman–Crippen MR) is 116 cm³/mol. The molecule has 3 N–H and O–H groups in total. The van der Waals surface area contributed by atoms with Gasteiger partial charge in [0.1, 0.15) is 11.8 Å². The smallest absolute Gasteiger partial charge is 0.246 e. The Hall–Kier alpha value is -3.48. The third-order valence-corrected chi connectivity index (χ3v) is 5.71. The standard InChI is InChI=1S/C23H26F2N4O4/c1-23(24,25)11-14(22(32)28-15(12-26)8-13-6-7-27-21(13)31)9-19(30)18-10-16-17(29-18)4-3-5-20(16)33-2/h3-5,10,13-15,29H,6-9,11H2,1-2H3,(H,27,31)(H,28,32)/t13-,14-,15-/m0/s1. The van der Waals surface area contributed by atoms with Crippen molar-refractivity contribution in [2.45, 2.75) is 44.6 Å². The summed E-state index contributed by atoms with van der Waals surface area (Å²) in [4.78, 5) is 40.4. The Bertz CT molecular complexity index is 1090. The first-order chi connectivity index (χ1) is 15.6.